The second-order valence-corrected chi connectivity index (χ2v) is 3.20. The molecule has 72 valence electrons. The lowest BCUT2D eigenvalue weighted by molar-refractivity contribution is 0.562. The van der Waals surface area contributed by atoms with Gasteiger partial charge in [-0.1, -0.05) is 13.8 Å². The normalized spacial score (nSPS) is 10.8. The van der Waals surface area contributed by atoms with Crippen LogP contribution in [0.3, 0.4) is 0 Å². The van der Waals surface area contributed by atoms with Crippen LogP contribution in [-0.4, -0.2) is 20.2 Å². The second kappa shape index (κ2) is 3.53. The summed E-state index contributed by atoms with van der Waals surface area (Å²) in [7, 11) is 0. The molecular weight excluding hydrogens is 180 g/mol. The molecule has 2 heterocycles. The quantitative estimate of drug-likeness (QED) is 0.720. The van der Waals surface area contributed by atoms with E-state index in [-0.39, 0.29) is 0 Å². The lowest BCUT2D eigenvalue weighted by Crippen LogP contribution is -1.96. The molecule has 2 aromatic rings. The molecule has 0 amide bonds. The molecule has 5 nitrogen and oxygen atoms in total. The molecular formula is C9H10N4O. The predicted octanol–water partition coefficient (Wildman–Crippen LogP) is 1.65. The molecule has 0 saturated carbocycles. The van der Waals surface area contributed by atoms with E-state index in [0.717, 1.165) is 5.69 Å². The maximum Gasteiger partial charge on any atom is 0.285 e. The fourth-order valence-corrected chi connectivity index (χ4v) is 1.07. The molecule has 0 N–H and O–H groups in total. The zero-order valence-corrected chi connectivity index (χ0v) is 8.01. The monoisotopic (exact) mass is 190 g/mol. The Morgan fingerprint density at radius 2 is 2.21 bits per heavy atom. The van der Waals surface area contributed by atoms with Crippen LogP contribution in [0.15, 0.2) is 23.1 Å². The Labute approximate surface area is 81.2 Å². The van der Waals surface area contributed by atoms with Crippen LogP contribution in [0.5, 0.6) is 0 Å². The molecule has 2 aromatic heterocycles. The summed E-state index contributed by atoms with van der Waals surface area (Å²) in [5, 5.41) is 7.32. The fraction of sp³-hybridized carbons (Fsp3) is 0.333. The number of aromatic nitrogens is 4. The van der Waals surface area contributed by atoms with Crippen LogP contribution in [0.1, 0.15) is 25.5 Å². The fourth-order valence-electron chi connectivity index (χ4n) is 1.07. The highest BCUT2D eigenvalue weighted by molar-refractivity contribution is 5.38. The summed E-state index contributed by atoms with van der Waals surface area (Å²) < 4.78 is 5.01. The number of rotatable bonds is 2. The Morgan fingerprint density at radius 3 is 2.86 bits per heavy atom. The minimum absolute atomic E-state index is 0.354. The molecule has 0 spiro atoms. The van der Waals surface area contributed by atoms with Gasteiger partial charge in [0.25, 0.3) is 5.89 Å². The molecule has 0 bridgehead atoms. The van der Waals surface area contributed by atoms with Crippen molar-refractivity contribution in [3.05, 3.63) is 24.4 Å². The van der Waals surface area contributed by atoms with Crippen molar-refractivity contribution < 1.29 is 4.42 Å². The van der Waals surface area contributed by atoms with Gasteiger partial charge >= 0.3 is 0 Å². The summed E-state index contributed by atoms with van der Waals surface area (Å²) in [5.74, 6) is 1.20. The molecule has 2 rings (SSSR count). The molecule has 0 aliphatic rings. The average molecular weight is 190 g/mol. The van der Waals surface area contributed by atoms with Gasteiger partial charge in [-0.3, -0.25) is 0 Å². The van der Waals surface area contributed by atoms with Crippen molar-refractivity contribution in [2.75, 3.05) is 0 Å². The standard InChI is InChI=1S/C9H10N4O/c1-6(2)7-3-4-10-8(12-7)9-13-11-5-14-9/h3-6H,1-2H3. The van der Waals surface area contributed by atoms with Crippen molar-refractivity contribution >= 4 is 0 Å². The van der Waals surface area contributed by atoms with Crippen molar-refractivity contribution in [1.29, 1.82) is 0 Å². The third-order valence-electron chi connectivity index (χ3n) is 1.82. The first-order valence-corrected chi connectivity index (χ1v) is 4.37. The average Bonchev–Trinajstić information content (AvgIpc) is 2.71. The summed E-state index contributed by atoms with van der Waals surface area (Å²) in [6.45, 7) is 4.14. The van der Waals surface area contributed by atoms with E-state index in [1.54, 1.807) is 6.20 Å². The summed E-state index contributed by atoms with van der Waals surface area (Å²) in [4.78, 5) is 8.36. The van der Waals surface area contributed by atoms with Crippen LogP contribution in [0.2, 0.25) is 0 Å². The maximum atomic E-state index is 5.01. The van der Waals surface area contributed by atoms with Gasteiger partial charge in [0.2, 0.25) is 12.2 Å². The highest BCUT2D eigenvalue weighted by atomic mass is 16.4. The van der Waals surface area contributed by atoms with Gasteiger partial charge in [0.15, 0.2) is 0 Å². The third kappa shape index (κ3) is 1.61. The maximum absolute atomic E-state index is 5.01. The summed E-state index contributed by atoms with van der Waals surface area (Å²) >= 11 is 0. The molecule has 0 aromatic carbocycles. The topological polar surface area (TPSA) is 64.7 Å². The van der Waals surface area contributed by atoms with E-state index in [1.165, 1.54) is 6.39 Å². The molecule has 0 saturated heterocycles. The van der Waals surface area contributed by atoms with E-state index >= 15 is 0 Å². The van der Waals surface area contributed by atoms with Crippen LogP contribution in [0.4, 0.5) is 0 Å². The van der Waals surface area contributed by atoms with Gasteiger partial charge in [-0.2, -0.15) is 0 Å². The zero-order chi connectivity index (χ0) is 9.97. The molecule has 0 radical (unpaired) electrons. The van der Waals surface area contributed by atoms with Crippen molar-refractivity contribution in [2.45, 2.75) is 19.8 Å². The van der Waals surface area contributed by atoms with Gasteiger partial charge in [0.1, 0.15) is 0 Å². The minimum atomic E-state index is 0.354. The number of nitrogens with zero attached hydrogens (tertiary/aromatic N) is 4. The van der Waals surface area contributed by atoms with E-state index in [1.807, 2.05) is 6.07 Å². The molecule has 14 heavy (non-hydrogen) atoms. The summed E-state index contributed by atoms with van der Waals surface area (Å²) in [6.07, 6.45) is 2.96. The smallest absolute Gasteiger partial charge is 0.285 e. The molecule has 5 heteroatoms. The largest absolute Gasteiger partial charge is 0.421 e. The molecule has 0 unspecified atom stereocenters. The lowest BCUT2D eigenvalue weighted by Gasteiger charge is -2.03. The predicted molar refractivity (Wildman–Crippen MR) is 49.4 cm³/mol. The van der Waals surface area contributed by atoms with Crippen LogP contribution < -0.4 is 0 Å². The molecule has 0 fully saturated rings. The first kappa shape index (κ1) is 8.80. The van der Waals surface area contributed by atoms with Gasteiger partial charge in [-0.05, 0) is 12.0 Å². The first-order chi connectivity index (χ1) is 6.77. The van der Waals surface area contributed by atoms with Gasteiger partial charge in [-0.15, -0.1) is 10.2 Å². The SMILES string of the molecule is CC(C)c1ccnc(-c2nnco2)n1. The van der Waals surface area contributed by atoms with Crippen molar-refractivity contribution in [3.63, 3.8) is 0 Å². The van der Waals surface area contributed by atoms with Crippen molar-refractivity contribution in [1.82, 2.24) is 20.2 Å². The Kier molecular flexibility index (Phi) is 2.22. The minimum Gasteiger partial charge on any atom is -0.421 e. The zero-order valence-electron chi connectivity index (χ0n) is 8.01. The highest BCUT2D eigenvalue weighted by Gasteiger charge is 2.08. The van der Waals surface area contributed by atoms with E-state index in [4.69, 9.17) is 4.42 Å². The Balaban J connectivity index is 2.41. The van der Waals surface area contributed by atoms with E-state index in [9.17, 15) is 0 Å². The number of hydrogen-bond donors (Lipinski definition) is 0. The first-order valence-electron chi connectivity index (χ1n) is 4.37. The van der Waals surface area contributed by atoms with Crippen LogP contribution >= 0.6 is 0 Å². The van der Waals surface area contributed by atoms with Gasteiger partial charge in [0, 0.05) is 11.9 Å². The van der Waals surface area contributed by atoms with Gasteiger partial charge < -0.3 is 4.42 Å². The van der Waals surface area contributed by atoms with Crippen LogP contribution in [0, 0.1) is 0 Å². The van der Waals surface area contributed by atoms with Crippen LogP contribution in [0.25, 0.3) is 11.7 Å². The summed E-state index contributed by atoms with van der Waals surface area (Å²) in [6, 6.07) is 1.88. The lowest BCUT2D eigenvalue weighted by atomic mass is 10.1. The molecule has 0 atom stereocenters. The van der Waals surface area contributed by atoms with Gasteiger partial charge in [-0.25, -0.2) is 9.97 Å². The van der Waals surface area contributed by atoms with Crippen LogP contribution in [-0.2, 0) is 0 Å². The Hall–Kier alpha value is -1.78. The van der Waals surface area contributed by atoms with E-state index in [0.29, 0.717) is 17.6 Å². The van der Waals surface area contributed by atoms with Crippen molar-refractivity contribution in [2.24, 2.45) is 0 Å². The summed E-state index contributed by atoms with van der Waals surface area (Å²) in [5.41, 5.74) is 0.966. The van der Waals surface area contributed by atoms with E-state index in [2.05, 4.69) is 34.0 Å². The Morgan fingerprint density at radius 1 is 1.36 bits per heavy atom. The van der Waals surface area contributed by atoms with Crippen molar-refractivity contribution in [3.8, 4) is 11.7 Å². The highest BCUT2D eigenvalue weighted by Crippen LogP contribution is 2.15. The number of hydrogen-bond acceptors (Lipinski definition) is 5. The Bertz CT molecular complexity index is 411. The molecule has 0 aliphatic heterocycles. The molecule has 0 aliphatic carbocycles. The van der Waals surface area contributed by atoms with E-state index < -0.39 is 0 Å². The second-order valence-electron chi connectivity index (χ2n) is 3.20. The van der Waals surface area contributed by atoms with Gasteiger partial charge in [0.05, 0.1) is 0 Å². The third-order valence-corrected chi connectivity index (χ3v) is 1.82.